The number of anilines is 1. The maximum atomic E-state index is 15.7. The van der Waals surface area contributed by atoms with Gasteiger partial charge in [0.2, 0.25) is 10.0 Å². The zero-order chi connectivity index (χ0) is 24.0. The number of hydrogen-bond donors (Lipinski definition) is 1. The van der Waals surface area contributed by atoms with Crippen LogP contribution in [0, 0.1) is 5.82 Å². The number of halogens is 1. The van der Waals surface area contributed by atoms with Gasteiger partial charge in [0.15, 0.2) is 11.6 Å². The van der Waals surface area contributed by atoms with E-state index in [4.69, 9.17) is 4.74 Å². The zero-order valence-corrected chi connectivity index (χ0v) is 20.1. The van der Waals surface area contributed by atoms with Gasteiger partial charge in [-0.25, -0.2) is 16.8 Å². The third-order valence-electron chi connectivity index (χ3n) is 6.61. The highest BCUT2D eigenvalue weighted by Crippen LogP contribution is 2.51. The number of aromatic nitrogens is 4. The number of benzene rings is 2. The van der Waals surface area contributed by atoms with Crippen LogP contribution >= 0.6 is 0 Å². The van der Waals surface area contributed by atoms with Crippen molar-refractivity contribution in [2.24, 2.45) is 0 Å². The van der Waals surface area contributed by atoms with Gasteiger partial charge in [-0.15, -0.1) is 10.2 Å². The monoisotopic (exact) mass is 481 g/mol. The third kappa shape index (κ3) is 2.91. The van der Waals surface area contributed by atoms with E-state index in [0.717, 1.165) is 24.9 Å². The van der Waals surface area contributed by atoms with Crippen LogP contribution < -0.4 is 10.1 Å². The van der Waals surface area contributed by atoms with Crippen LogP contribution in [0.5, 0.6) is 5.75 Å². The van der Waals surface area contributed by atoms with Gasteiger partial charge in [-0.2, -0.15) is 0 Å². The number of ether oxygens (including phenoxy) is 1. The van der Waals surface area contributed by atoms with Gasteiger partial charge in [-0.3, -0.25) is 4.57 Å². The van der Waals surface area contributed by atoms with Crippen LogP contribution in [0.3, 0.4) is 0 Å². The second kappa shape index (κ2) is 6.82. The number of nitrogens with zero attached hydrogens (tertiary/aromatic N) is 4. The van der Waals surface area contributed by atoms with Gasteiger partial charge < -0.3 is 10.1 Å². The lowest BCUT2D eigenvalue weighted by atomic mass is 9.95. The molecule has 2 aliphatic rings. The molecule has 10 heteroatoms. The van der Waals surface area contributed by atoms with E-state index in [-0.39, 0.29) is 5.92 Å². The highest BCUT2D eigenvalue weighted by Gasteiger charge is 2.42. The summed E-state index contributed by atoms with van der Waals surface area (Å²) in [4.78, 5) is 0. The smallest absolute Gasteiger partial charge is 0.236 e. The van der Waals surface area contributed by atoms with E-state index in [1.165, 1.54) is 16.2 Å². The molecule has 8 nitrogen and oxygen atoms in total. The number of rotatable bonds is 4. The van der Waals surface area contributed by atoms with E-state index >= 15 is 4.39 Å². The summed E-state index contributed by atoms with van der Waals surface area (Å²) in [6, 6.07) is 8.50. The minimum atomic E-state index is -3.50. The number of fused-ring (bicyclic) bond motifs is 4. The summed E-state index contributed by atoms with van der Waals surface area (Å²) >= 11 is 0. The molecule has 6 rings (SSSR count). The van der Waals surface area contributed by atoms with Crippen molar-refractivity contribution in [3.63, 3.8) is 0 Å². The third-order valence-corrected chi connectivity index (χ3v) is 7.64. The van der Waals surface area contributed by atoms with E-state index < -0.39 is 21.4 Å². The summed E-state index contributed by atoms with van der Waals surface area (Å²) in [6.45, 7) is 3.89. The second-order valence-corrected chi connectivity index (χ2v) is 11.4. The Morgan fingerprint density at radius 2 is 1.94 bits per heavy atom. The lowest BCUT2D eigenvalue weighted by Gasteiger charge is -2.35. The molecule has 0 spiro atoms. The first-order valence-electron chi connectivity index (χ1n) is 11.1. The Morgan fingerprint density at radius 3 is 2.62 bits per heavy atom. The van der Waals surface area contributed by atoms with Gasteiger partial charge in [0.1, 0.15) is 17.3 Å². The molecule has 2 aromatic heterocycles. The SMILES string of the molecule is COc1c(-c2cccc3c2ccn3S(C)(=O)=O)cc(F)c2c1-n1c(C3CC3)nnc1C(C)(C)N2. The Labute approximate surface area is 196 Å². The summed E-state index contributed by atoms with van der Waals surface area (Å²) in [5, 5.41) is 12.9. The summed E-state index contributed by atoms with van der Waals surface area (Å²) in [5.74, 6) is 1.83. The van der Waals surface area contributed by atoms with Gasteiger partial charge in [-0.1, -0.05) is 12.1 Å². The number of hydrogen-bond acceptors (Lipinski definition) is 6. The average Bonchev–Trinajstić information content (AvgIpc) is 3.34. The van der Waals surface area contributed by atoms with Crippen LogP contribution in [0.4, 0.5) is 10.1 Å². The largest absolute Gasteiger partial charge is 0.494 e. The Morgan fingerprint density at radius 1 is 1.18 bits per heavy atom. The quantitative estimate of drug-likeness (QED) is 0.465. The predicted molar refractivity (Wildman–Crippen MR) is 128 cm³/mol. The van der Waals surface area contributed by atoms with E-state index in [1.807, 2.05) is 24.5 Å². The minimum absolute atomic E-state index is 0.284. The van der Waals surface area contributed by atoms with Gasteiger partial charge in [0.05, 0.1) is 30.1 Å². The van der Waals surface area contributed by atoms with Crippen LogP contribution in [0.1, 0.15) is 44.3 Å². The zero-order valence-electron chi connectivity index (χ0n) is 19.3. The van der Waals surface area contributed by atoms with Crippen molar-refractivity contribution >= 4 is 26.6 Å². The Kier molecular flexibility index (Phi) is 4.24. The molecule has 1 aliphatic heterocycles. The van der Waals surface area contributed by atoms with Crippen LogP contribution in [0.15, 0.2) is 36.5 Å². The molecule has 0 atom stereocenters. The Bertz CT molecular complexity index is 1600. The molecule has 176 valence electrons. The van der Waals surface area contributed by atoms with Gasteiger partial charge >= 0.3 is 0 Å². The highest BCUT2D eigenvalue weighted by molar-refractivity contribution is 7.89. The lowest BCUT2D eigenvalue weighted by molar-refractivity contribution is 0.409. The highest BCUT2D eigenvalue weighted by atomic mass is 32.2. The molecular weight excluding hydrogens is 457 g/mol. The summed E-state index contributed by atoms with van der Waals surface area (Å²) < 4.78 is 49.3. The van der Waals surface area contributed by atoms with Crippen molar-refractivity contribution < 1.29 is 17.5 Å². The standard InChI is InChI=1S/C24H24FN5O3S/c1-24(2)23-28-27-22(13-8-9-13)30(23)20-19(26-24)17(25)12-16(21(20)33-3)14-6-5-7-18-15(14)10-11-29(18)34(4,31)32/h5-7,10-13,26H,8-9H2,1-4H3. The molecular formula is C24H24FN5O3S. The molecule has 0 radical (unpaired) electrons. The van der Waals surface area contributed by atoms with Crippen molar-refractivity contribution in [1.29, 1.82) is 0 Å². The summed E-state index contributed by atoms with van der Waals surface area (Å²) in [5.41, 5.74) is 1.96. The first kappa shape index (κ1) is 21.2. The van der Waals surface area contributed by atoms with Crippen molar-refractivity contribution in [2.75, 3.05) is 18.7 Å². The fourth-order valence-corrected chi connectivity index (χ4v) is 5.72. The Balaban J connectivity index is 1.68. The molecule has 1 aliphatic carbocycles. The number of methoxy groups -OCH3 is 1. The van der Waals surface area contributed by atoms with Crippen LogP contribution in [-0.2, 0) is 15.6 Å². The van der Waals surface area contributed by atoms with Crippen molar-refractivity contribution in [3.8, 4) is 22.6 Å². The van der Waals surface area contributed by atoms with Gasteiger partial charge in [0.25, 0.3) is 0 Å². The fraction of sp³-hybridized carbons (Fsp3) is 0.333. The maximum Gasteiger partial charge on any atom is 0.236 e. The lowest BCUT2D eigenvalue weighted by Crippen LogP contribution is -2.36. The van der Waals surface area contributed by atoms with Gasteiger partial charge in [-0.05, 0) is 50.5 Å². The maximum absolute atomic E-state index is 15.7. The van der Waals surface area contributed by atoms with Crippen molar-refractivity contribution in [2.45, 2.75) is 38.1 Å². The molecule has 0 amide bonds. The molecule has 3 heterocycles. The molecule has 0 saturated heterocycles. The topological polar surface area (TPSA) is 91.0 Å². The first-order valence-corrected chi connectivity index (χ1v) is 12.9. The molecule has 1 saturated carbocycles. The van der Waals surface area contributed by atoms with Crippen molar-refractivity contribution in [3.05, 3.63) is 54.0 Å². The fourth-order valence-electron chi connectivity index (χ4n) is 4.92. The normalized spacial score (nSPS) is 16.7. The molecule has 1 fully saturated rings. The van der Waals surface area contributed by atoms with Crippen LogP contribution in [0.25, 0.3) is 27.7 Å². The van der Waals surface area contributed by atoms with Crippen LogP contribution in [0.2, 0.25) is 0 Å². The molecule has 4 aromatic rings. The summed E-state index contributed by atoms with van der Waals surface area (Å²) in [6.07, 6.45) is 4.70. The second-order valence-electron chi connectivity index (χ2n) is 9.52. The molecule has 1 N–H and O–H groups in total. The summed E-state index contributed by atoms with van der Waals surface area (Å²) in [7, 11) is -1.94. The molecule has 0 unspecified atom stereocenters. The molecule has 0 bridgehead atoms. The molecule has 34 heavy (non-hydrogen) atoms. The van der Waals surface area contributed by atoms with E-state index in [1.54, 1.807) is 25.3 Å². The van der Waals surface area contributed by atoms with Gasteiger partial charge in [0, 0.05) is 23.1 Å². The van der Waals surface area contributed by atoms with E-state index in [9.17, 15) is 8.42 Å². The Hall–Kier alpha value is -3.40. The average molecular weight is 482 g/mol. The van der Waals surface area contributed by atoms with Crippen molar-refractivity contribution in [1.82, 2.24) is 18.7 Å². The number of nitrogens with one attached hydrogen (secondary N) is 1. The van der Waals surface area contributed by atoms with E-state index in [0.29, 0.717) is 45.0 Å². The molecule has 2 aromatic carbocycles. The minimum Gasteiger partial charge on any atom is -0.494 e. The predicted octanol–water partition coefficient (Wildman–Crippen LogP) is 4.38. The van der Waals surface area contributed by atoms with Crippen LogP contribution in [-0.4, -0.2) is 40.5 Å². The first-order chi connectivity index (χ1) is 16.1. The van der Waals surface area contributed by atoms with E-state index in [2.05, 4.69) is 15.5 Å².